The van der Waals surface area contributed by atoms with E-state index in [4.69, 9.17) is 4.98 Å². The van der Waals surface area contributed by atoms with Gasteiger partial charge in [-0.1, -0.05) is 23.9 Å². The zero-order chi connectivity index (χ0) is 22.1. The lowest BCUT2D eigenvalue weighted by atomic mass is 10.2. The van der Waals surface area contributed by atoms with Gasteiger partial charge in [-0.3, -0.25) is 4.79 Å². The molecule has 3 heterocycles. The molecule has 6 nitrogen and oxygen atoms in total. The molecule has 0 aliphatic carbocycles. The van der Waals surface area contributed by atoms with Crippen LogP contribution in [0.4, 0.5) is 5.69 Å². The number of thiazole rings is 1. The van der Waals surface area contributed by atoms with Crippen LogP contribution in [0.15, 0.2) is 65.1 Å². The first-order valence-electron chi connectivity index (χ1n) is 9.90. The first kappa shape index (κ1) is 20.9. The number of carbonyl (C=O) groups is 1. The molecule has 0 saturated carbocycles. The summed E-state index contributed by atoms with van der Waals surface area (Å²) in [4.78, 5) is 18.2. The maximum atomic E-state index is 12.4. The Bertz CT molecular complexity index is 1390. The van der Waals surface area contributed by atoms with E-state index in [2.05, 4.69) is 40.6 Å². The highest BCUT2D eigenvalue weighted by molar-refractivity contribution is 7.99. The first-order chi connectivity index (χ1) is 15.6. The summed E-state index contributed by atoms with van der Waals surface area (Å²) in [7, 11) is 1.91. The number of thioether (sulfide) groups is 1. The minimum absolute atomic E-state index is 0.0844. The highest BCUT2D eigenvalue weighted by atomic mass is 32.2. The van der Waals surface area contributed by atoms with Gasteiger partial charge >= 0.3 is 0 Å². The molecule has 160 valence electrons. The molecule has 5 aromatic rings. The predicted octanol–water partition coefficient (Wildman–Crippen LogP) is 5.86. The Morgan fingerprint density at radius 1 is 1.12 bits per heavy atom. The maximum Gasteiger partial charge on any atom is 0.234 e. The van der Waals surface area contributed by atoms with Crippen LogP contribution in [-0.4, -0.2) is 31.4 Å². The lowest BCUT2D eigenvalue weighted by Crippen LogP contribution is -2.14. The fourth-order valence-corrected chi connectivity index (χ4v) is 5.76. The van der Waals surface area contributed by atoms with Crippen molar-refractivity contribution in [2.24, 2.45) is 7.05 Å². The number of hydrogen-bond acceptors (Lipinski definition) is 7. The van der Waals surface area contributed by atoms with Gasteiger partial charge in [-0.05, 0) is 60.3 Å². The molecule has 2 aromatic carbocycles. The summed E-state index contributed by atoms with van der Waals surface area (Å²) in [5, 5.41) is 15.1. The number of thiophene rings is 1. The molecule has 0 radical (unpaired) electrons. The summed E-state index contributed by atoms with van der Waals surface area (Å²) in [6, 6.07) is 18.1. The van der Waals surface area contributed by atoms with Crippen molar-refractivity contribution in [3.8, 4) is 21.3 Å². The Labute approximate surface area is 197 Å². The van der Waals surface area contributed by atoms with Gasteiger partial charge in [0.15, 0.2) is 11.0 Å². The molecule has 0 aliphatic heterocycles. The minimum Gasteiger partial charge on any atom is -0.325 e. The van der Waals surface area contributed by atoms with Crippen molar-refractivity contribution in [3.63, 3.8) is 0 Å². The van der Waals surface area contributed by atoms with Crippen LogP contribution in [-0.2, 0) is 11.8 Å². The van der Waals surface area contributed by atoms with Crippen LogP contribution >= 0.6 is 34.4 Å². The molecule has 32 heavy (non-hydrogen) atoms. The molecule has 0 bridgehead atoms. The van der Waals surface area contributed by atoms with Gasteiger partial charge in [0.1, 0.15) is 5.01 Å². The van der Waals surface area contributed by atoms with Gasteiger partial charge in [-0.2, -0.15) is 0 Å². The normalized spacial score (nSPS) is 11.2. The Morgan fingerprint density at radius 2 is 1.97 bits per heavy atom. The van der Waals surface area contributed by atoms with Gasteiger partial charge in [-0.25, -0.2) is 4.98 Å². The van der Waals surface area contributed by atoms with Crippen molar-refractivity contribution in [2.75, 3.05) is 11.1 Å². The van der Waals surface area contributed by atoms with E-state index in [0.29, 0.717) is 5.16 Å². The lowest BCUT2D eigenvalue weighted by molar-refractivity contribution is -0.113. The van der Waals surface area contributed by atoms with Crippen molar-refractivity contribution in [1.29, 1.82) is 0 Å². The second kappa shape index (κ2) is 8.85. The molecule has 3 aromatic heterocycles. The maximum absolute atomic E-state index is 12.4. The van der Waals surface area contributed by atoms with Crippen LogP contribution < -0.4 is 5.32 Å². The minimum atomic E-state index is -0.0844. The summed E-state index contributed by atoms with van der Waals surface area (Å²) < 4.78 is 3.10. The fraction of sp³-hybridized carbons (Fsp3) is 0.130. The Hall–Kier alpha value is -3.01. The number of aromatic nitrogens is 4. The lowest BCUT2D eigenvalue weighted by Gasteiger charge is -2.06. The van der Waals surface area contributed by atoms with E-state index in [0.717, 1.165) is 32.5 Å². The molecular weight excluding hydrogens is 458 g/mol. The van der Waals surface area contributed by atoms with E-state index in [-0.39, 0.29) is 11.7 Å². The number of rotatable bonds is 6. The molecular formula is C23H19N5OS3. The van der Waals surface area contributed by atoms with Crippen molar-refractivity contribution in [3.05, 3.63) is 65.5 Å². The van der Waals surface area contributed by atoms with Crippen molar-refractivity contribution < 1.29 is 4.79 Å². The van der Waals surface area contributed by atoms with Gasteiger partial charge in [0.25, 0.3) is 0 Å². The van der Waals surface area contributed by atoms with Gasteiger partial charge in [0.2, 0.25) is 5.91 Å². The van der Waals surface area contributed by atoms with Gasteiger partial charge < -0.3 is 9.88 Å². The standard InChI is InChI=1S/C23H19N5OS3/c1-14-5-10-17-19(12-14)32-22(25-17)15-6-8-16(9-7-15)24-20(29)13-31-23-27-26-21(28(23)2)18-4-3-11-30-18/h3-12H,13H2,1-2H3,(H,24,29). The third kappa shape index (κ3) is 4.32. The molecule has 0 fully saturated rings. The van der Waals surface area contributed by atoms with E-state index < -0.39 is 0 Å². The van der Waals surface area contributed by atoms with Crippen molar-refractivity contribution >= 4 is 56.2 Å². The monoisotopic (exact) mass is 477 g/mol. The molecule has 0 aliphatic rings. The highest BCUT2D eigenvalue weighted by Gasteiger charge is 2.14. The van der Waals surface area contributed by atoms with Crippen molar-refractivity contribution in [2.45, 2.75) is 12.1 Å². The second-order valence-corrected chi connectivity index (χ2v) is 10.2. The van der Waals surface area contributed by atoms with Gasteiger partial charge in [-0.15, -0.1) is 32.9 Å². The van der Waals surface area contributed by atoms with Crippen molar-refractivity contribution in [1.82, 2.24) is 19.7 Å². The van der Waals surface area contributed by atoms with E-state index in [9.17, 15) is 4.79 Å². The zero-order valence-electron chi connectivity index (χ0n) is 17.4. The molecule has 0 unspecified atom stereocenters. The second-order valence-electron chi connectivity index (χ2n) is 7.25. The van der Waals surface area contributed by atoms with E-state index in [1.54, 1.807) is 22.7 Å². The SMILES string of the molecule is Cc1ccc2nc(-c3ccc(NC(=O)CSc4nnc(-c5cccs5)n4C)cc3)sc2c1. The van der Waals surface area contributed by atoms with E-state index >= 15 is 0 Å². The Morgan fingerprint density at radius 3 is 2.75 bits per heavy atom. The molecule has 5 rings (SSSR count). The van der Waals surface area contributed by atoms with Gasteiger partial charge in [0, 0.05) is 18.3 Å². The highest BCUT2D eigenvalue weighted by Crippen LogP contribution is 2.31. The molecule has 0 saturated heterocycles. The Kier molecular flexibility index (Phi) is 5.77. The summed E-state index contributed by atoms with van der Waals surface area (Å²) in [5.41, 5.74) is 4.04. The number of amides is 1. The predicted molar refractivity (Wildman–Crippen MR) is 133 cm³/mol. The average Bonchev–Trinajstić information content (AvgIpc) is 3.52. The zero-order valence-corrected chi connectivity index (χ0v) is 19.9. The van der Waals surface area contributed by atoms with Crippen LogP contribution in [0.2, 0.25) is 0 Å². The van der Waals surface area contributed by atoms with Crippen LogP contribution in [0.1, 0.15) is 5.56 Å². The number of nitrogens with zero attached hydrogens (tertiary/aromatic N) is 4. The number of carbonyl (C=O) groups excluding carboxylic acids is 1. The third-order valence-electron chi connectivity index (χ3n) is 4.87. The quantitative estimate of drug-likeness (QED) is 0.310. The third-order valence-corrected chi connectivity index (χ3v) is 7.82. The number of fused-ring (bicyclic) bond motifs is 1. The molecule has 9 heteroatoms. The summed E-state index contributed by atoms with van der Waals surface area (Å²) in [6.45, 7) is 2.08. The largest absolute Gasteiger partial charge is 0.325 e. The van der Waals surface area contributed by atoms with E-state index in [1.165, 1.54) is 22.0 Å². The number of benzene rings is 2. The molecule has 1 N–H and O–H groups in total. The topological polar surface area (TPSA) is 72.7 Å². The average molecular weight is 478 g/mol. The molecule has 0 atom stereocenters. The molecule has 0 spiro atoms. The van der Waals surface area contributed by atoms with Gasteiger partial charge in [0.05, 0.1) is 20.8 Å². The fourth-order valence-electron chi connectivity index (χ4n) is 3.24. The number of aryl methyl sites for hydroxylation is 1. The summed E-state index contributed by atoms with van der Waals surface area (Å²) in [5.74, 6) is 0.984. The number of hydrogen-bond donors (Lipinski definition) is 1. The van der Waals surface area contributed by atoms with Crippen LogP contribution in [0.3, 0.4) is 0 Å². The number of anilines is 1. The van der Waals surface area contributed by atoms with Crippen LogP contribution in [0, 0.1) is 6.92 Å². The summed E-state index contributed by atoms with van der Waals surface area (Å²) >= 11 is 4.66. The molecule has 1 amide bonds. The number of nitrogens with one attached hydrogen (secondary N) is 1. The first-order valence-corrected chi connectivity index (χ1v) is 12.6. The van der Waals surface area contributed by atoms with E-state index in [1.807, 2.05) is 53.4 Å². The summed E-state index contributed by atoms with van der Waals surface area (Å²) in [6.07, 6.45) is 0. The Balaban J connectivity index is 1.21. The smallest absolute Gasteiger partial charge is 0.234 e. The van der Waals surface area contributed by atoms with Crippen LogP contribution in [0.25, 0.3) is 31.5 Å². The van der Waals surface area contributed by atoms with Crippen LogP contribution in [0.5, 0.6) is 0 Å².